The smallest absolute Gasteiger partial charge is 0.263 e. The van der Waals surface area contributed by atoms with Crippen molar-refractivity contribution in [3.05, 3.63) is 28.8 Å². The number of ether oxygens (including phenoxy) is 2. The Bertz CT molecular complexity index is 715. The van der Waals surface area contributed by atoms with E-state index in [4.69, 9.17) is 15.2 Å². The van der Waals surface area contributed by atoms with Gasteiger partial charge in [-0.25, -0.2) is 4.98 Å². The van der Waals surface area contributed by atoms with Crippen LogP contribution in [0.5, 0.6) is 11.5 Å². The zero-order valence-corrected chi connectivity index (χ0v) is 15.2. The Morgan fingerprint density at radius 2 is 2.04 bits per heavy atom. The van der Waals surface area contributed by atoms with Crippen LogP contribution < -0.4 is 20.5 Å². The highest BCUT2D eigenvalue weighted by Gasteiger charge is 2.17. The van der Waals surface area contributed by atoms with Crippen molar-refractivity contribution in [2.45, 2.75) is 13.8 Å². The third-order valence-electron chi connectivity index (χ3n) is 3.65. The maximum Gasteiger partial charge on any atom is 0.263 e. The number of methoxy groups -OCH3 is 2. The fourth-order valence-corrected chi connectivity index (χ4v) is 3.11. The summed E-state index contributed by atoms with van der Waals surface area (Å²) >= 11 is 1.36. The molecular weight excluding hydrogens is 326 g/mol. The van der Waals surface area contributed by atoms with Crippen LogP contribution in [0.4, 0.5) is 0 Å². The van der Waals surface area contributed by atoms with Crippen LogP contribution in [-0.2, 0) is 0 Å². The molecule has 0 saturated carbocycles. The molecule has 0 saturated heterocycles. The molecule has 1 heterocycles. The first-order valence-corrected chi connectivity index (χ1v) is 8.49. The lowest BCUT2D eigenvalue weighted by Gasteiger charge is -2.09. The van der Waals surface area contributed by atoms with Crippen molar-refractivity contribution in [2.75, 3.05) is 27.3 Å². The number of thiazole rings is 1. The van der Waals surface area contributed by atoms with E-state index in [2.05, 4.69) is 10.3 Å². The number of nitrogens with one attached hydrogen (secondary N) is 1. The Balaban J connectivity index is 2.23. The van der Waals surface area contributed by atoms with Crippen LogP contribution in [0.2, 0.25) is 0 Å². The van der Waals surface area contributed by atoms with Crippen LogP contribution in [0.1, 0.15) is 22.3 Å². The Kier molecular flexibility index (Phi) is 6.16. The molecule has 1 aromatic carbocycles. The van der Waals surface area contributed by atoms with Gasteiger partial charge in [-0.2, -0.15) is 0 Å². The minimum Gasteiger partial charge on any atom is -0.493 e. The van der Waals surface area contributed by atoms with Crippen molar-refractivity contribution in [3.63, 3.8) is 0 Å². The molecule has 1 atom stereocenters. The van der Waals surface area contributed by atoms with E-state index >= 15 is 0 Å². The first kappa shape index (κ1) is 18.2. The SMILES string of the molecule is COc1ccc(-c2nc(C)c(C(=O)NCC(C)CN)s2)cc1OC. The summed E-state index contributed by atoms with van der Waals surface area (Å²) in [6.45, 7) is 4.92. The summed E-state index contributed by atoms with van der Waals surface area (Å²) < 4.78 is 10.6. The number of carbonyl (C=O) groups is 1. The largest absolute Gasteiger partial charge is 0.493 e. The number of benzene rings is 1. The van der Waals surface area contributed by atoms with E-state index in [-0.39, 0.29) is 11.8 Å². The quantitative estimate of drug-likeness (QED) is 0.802. The van der Waals surface area contributed by atoms with Gasteiger partial charge in [0, 0.05) is 12.1 Å². The predicted molar refractivity (Wildman–Crippen MR) is 95.9 cm³/mol. The lowest BCUT2D eigenvalue weighted by molar-refractivity contribution is 0.0952. The molecule has 1 amide bonds. The molecule has 0 bridgehead atoms. The van der Waals surface area contributed by atoms with E-state index in [0.29, 0.717) is 35.2 Å². The molecule has 0 radical (unpaired) electrons. The van der Waals surface area contributed by atoms with Crippen molar-refractivity contribution < 1.29 is 14.3 Å². The van der Waals surface area contributed by atoms with Gasteiger partial charge in [0.15, 0.2) is 11.5 Å². The van der Waals surface area contributed by atoms with Crippen LogP contribution >= 0.6 is 11.3 Å². The molecule has 130 valence electrons. The highest BCUT2D eigenvalue weighted by molar-refractivity contribution is 7.17. The first-order valence-electron chi connectivity index (χ1n) is 7.68. The van der Waals surface area contributed by atoms with Crippen LogP contribution in [0.25, 0.3) is 10.6 Å². The van der Waals surface area contributed by atoms with Crippen LogP contribution in [0, 0.1) is 12.8 Å². The first-order chi connectivity index (χ1) is 11.5. The minimum atomic E-state index is -0.114. The van der Waals surface area contributed by atoms with Crippen molar-refractivity contribution in [1.82, 2.24) is 10.3 Å². The highest BCUT2D eigenvalue weighted by atomic mass is 32.1. The van der Waals surface area contributed by atoms with Crippen LogP contribution in [-0.4, -0.2) is 38.2 Å². The monoisotopic (exact) mass is 349 g/mol. The zero-order valence-electron chi connectivity index (χ0n) is 14.4. The van der Waals surface area contributed by atoms with E-state index in [0.717, 1.165) is 10.6 Å². The third kappa shape index (κ3) is 4.04. The maximum atomic E-state index is 12.3. The predicted octanol–water partition coefficient (Wildman–Crippen LogP) is 2.46. The molecule has 0 fully saturated rings. The number of aromatic nitrogens is 1. The molecule has 0 aliphatic heterocycles. The maximum absolute atomic E-state index is 12.3. The second-order valence-electron chi connectivity index (χ2n) is 5.55. The minimum absolute atomic E-state index is 0.114. The number of carbonyl (C=O) groups excluding carboxylic acids is 1. The summed E-state index contributed by atoms with van der Waals surface area (Å²) in [5.41, 5.74) is 7.17. The molecule has 2 rings (SSSR count). The Morgan fingerprint density at radius 3 is 2.67 bits per heavy atom. The molecule has 7 heteroatoms. The number of rotatable bonds is 7. The number of hydrogen-bond donors (Lipinski definition) is 2. The number of amides is 1. The molecule has 2 aromatic rings. The molecule has 6 nitrogen and oxygen atoms in total. The van der Waals surface area contributed by atoms with Crippen molar-refractivity contribution in [2.24, 2.45) is 11.7 Å². The summed E-state index contributed by atoms with van der Waals surface area (Å²) in [6, 6.07) is 5.58. The van der Waals surface area contributed by atoms with Gasteiger partial charge in [-0.1, -0.05) is 6.92 Å². The fourth-order valence-electron chi connectivity index (χ4n) is 2.13. The summed E-state index contributed by atoms with van der Waals surface area (Å²) in [6.07, 6.45) is 0. The lowest BCUT2D eigenvalue weighted by Crippen LogP contribution is -2.31. The van der Waals surface area contributed by atoms with Gasteiger partial charge >= 0.3 is 0 Å². The van der Waals surface area contributed by atoms with Crippen molar-refractivity contribution in [3.8, 4) is 22.1 Å². The van der Waals surface area contributed by atoms with Gasteiger partial charge in [0.25, 0.3) is 5.91 Å². The van der Waals surface area contributed by atoms with Crippen molar-refractivity contribution in [1.29, 1.82) is 0 Å². The lowest BCUT2D eigenvalue weighted by atomic mass is 10.2. The van der Waals surface area contributed by atoms with E-state index < -0.39 is 0 Å². The standard InChI is InChI=1S/C17H23N3O3S/c1-10(8-18)9-19-16(21)15-11(2)20-17(24-15)12-5-6-13(22-3)14(7-12)23-4/h5-7,10H,8-9,18H2,1-4H3,(H,19,21). The highest BCUT2D eigenvalue weighted by Crippen LogP contribution is 2.34. The van der Waals surface area contributed by atoms with E-state index in [1.807, 2.05) is 32.0 Å². The Hall–Kier alpha value is -2.12. The van der Waals surface area contributed by atoms with Crippen LogP contribution in [0.15, 0.2) is 18.2 Å². The van der Waals surface area contributed by atoms with E-state index in [9.17, 15) is 4.79 Å². The topological polar surface area (TPSA) is 86.5 Å². The van der Waals surface area contributed by atoms with Gasteiger partial charge in [0.2, 0.25) is 0 Å². The normalized spacial score (nSPS) is 11.9. The third-order valence-corrected chi connectivity index (χ3v) is 4.85. The number of nitrogens with two attached hydrogens (primary N) is 1. The molecule has 24 heavy (non-hydrogen) atoms. The Labute approximate surface area is 146 Å². The van der Waals surface area contributed by atoms with Gasteiger partial charge in [0.05, 0.1) is 19.9 Å². The van der Waals surface area contributed by atoms with E-state index in [1.54, 1.807) is 14.2 Å². The molecule has 1 aromatic heterocycles. The number of nitrogens with zero attached hydrogens (tertiary/aromatic N) is 1. The second-order valence-corrected chi connectivity index (χ2v) is 6.55. The Morgan fingerprint density at radius 1 is 1.33 bits per heavy atom. The summed E-state index contributed by atoms with van der Waals surface area (Å²) in [4.78, 5) is 17.5. The number of aryl methyl sites for hydroxylation is 1. The molecule has 3 N–H and O–H groups in total. The summed E-state index contributed by atoms with van der Waals surface area (Å²) in [5, 5.41) is 3.67. The zero-order chi connectivity index (χ0) is 17.7. The average Bonchev–Trinajstić information content (AvgIpc) is 3.00. The van der Waals surface area contributed by atoms with Gasteiger partial charge in [-0.05, 0) is 37.6 Å². The van der Waals surface area contributed by atoms with Gasteiger partial charge < -0.3 is 20.5 Å². The second kappa shape index (κ2) is 8.12. The van der Waals surface area contributed by atoms with E-state index in [1.165, 1.54) is 11.3 Å². The fraction of sp³-hybridized carbons (Fsp3) is 0.412. The summed E-state index contributed by atoms with van der Waals surface area (Å²) in [5.74, 6) is 1.42. The summed E-state index contributed by atoms with van der Waals surface area (Å²) in [7, 11) is 3.18. The molecule has 0 aliphatic carbocycles. The molecular formula is C17H23N3O3S. The average molecular weight is 349 g/mol. The van der Waals surface area contributed by atoms with Crippen molar-refractivity contribution >= 4 is 17.2 Å². The number of hydrogen-bond acceptors (Lipinski definition) is 6. The van der Waals surface area contributed by atoms with Gasteiger partial charge in [-0.15, -0.1) is 11.3 Å². The molecule has 1 unspecified atom stereocenters. The molecule has 0 aliphatic rings. The van der Waals surface area contributed by atoms with Crippen LogP contribution in [0.3, 0.4) is 0 Å². The molecule has 0 spiro atoms. The van der Waals surface area contributed by atoms with Gasteiger partial charge in [-0.3, -0.25) is 4.79 Å². The van der Waals surface area contributed by atoms with Gasteiger partial charge in [0.1, 0.15) is 9.88 Å².